The molecule has 0 saturated heterocycles. The maximum Gasteiger partial charge on any atom is 0.284 e. The summed E-state index contributed by atoms with van der Waals surface area (Å²) in [5.41, 5.74) is 0.465. The SMILES string of the molecule is N#Cc1cc([N+](=O)[O-])cc2c1-c1c(cc([N+](=O)[O-])cc1[N+](=O)[O-])/C2=C1/SC=C(c2ccccc2)S1. The number of thioether (sulfide) groups is 2. The third-order valence-electron chi connectivity index (χ3n) is 5.49. The smallest absolute Gasteiger partial charge is 0.258 e. The molecule has 0 fully saturated rings. The number of non-ortho nitro benzene ring substituents is 2. The van der Waals surface area contributed by atoms with Crippen LogP contribution in [0.25, 0.3) is 21.6 Å². The van der Waals surface area contributed by atoms with Crippen LogP contribution in [0.5, 0.6) is 0 Å². The van der Waals surface area contributed by atoms with E-state index in [1.807, 2.05) is 41.8 Å². The maximum atomic E-state index is 11.9. The summed E-state index contributed by atoms with van der Waals surface area (Å²) < 4.78 is 0.642. The molecule has 0 bridgehead atoms. The summed E-state index contributed by atoms with van der Waals surface area (Å²) in [6.45, 7) is 0. The molecule has 0 N–H and O–H groups in total. The molecule has 0 atom stereocenters. The maximum absolute atomic E-state index is 11.9. The van der Waals surface area contributed by atoms with Gasteiger partial charge < -0.3 is 0 Å². The predicted octanol–water partition coefficient (Wildman–Crippen LogP) is 6.46. The van der Waals surface area contributed by atoms with Gasteiger partial charge in [0.1, 0.15) is 6.07 Å². The molecule has 0 unspecified atom stereocenters. The third-order valence-corrected chi connectivity index (χ3v) is 7.91. The van der Waals surface area contributed by atoms with E-state index in [-0.39, 0.29) is 33.5 Å². The van der Waals surface area contributed by atoms with Crippen molar-refractivity contribution in [3.8, 4) is 17.2 Å². The summed E-state index contributed by atoms with van der Waals surface area (Å²) in [6.07, 6.45) is 0. The number of hydrogen-bond acceptors (Lipinski definition) is 9. The Morgan fingerprint density at radius 2 is 1.43 bits per heavy atom. The number of nitrogens with zero attached hydrogens (tertiary/aromatic N) is 4. The van der Waals surface area contributed by atoms with Crippen LogP contribution in [-0.4, -0.2) is 14.8 Å². The lowest BCUT2D eigenvalue weighted by molar-refractivity contribution is -0.393. The largest absolute Gasteiger partial charge is 0.284 e. The Morgan fingerprint density at radius 1 is 0.800 bits per heavy atom. The van der Waals surface area contributed by atoms with E-state index in [0.29, 0.717) is 9.81 Å². The standard InChI is InChI=1S/C23H10N4O6S2/c24-10-13-6-14(25(28)29)7-16-20(13)22-17(8-15(26(30)31)9-18(22)27(32)33)21(16)23-34-11-19(35-23)12-4-2-1-3-5-12/h1-9,11H/b23-21-. The molecule has 1 aliphatic carbocycles. The van der Waals surface area contributed by atoms with Gasteiger partial charge in [0.25, 0.3) is 17.1 Å². The van der Waals surface area contributed by atoms with E-state index in [1.165, 1.54) is 35.7 Å². The minimum atomic E-state index is -0.742. The van der Waals surface area contributed by atoms with Gasteiger partial charge in [0.15, 0.2) is 0 Å². The van der Waals surface area contributed by atoms with Crippen LogP contribution in [-0.2, 0) is 0 Å². The van der Waals surface area contributed by atoms with E-state index in [1.54, 1.807) is 0 Å². The molecule has 10 nitrogen and oxygen atoms in total. The van der Waals surface area contributed by atoms with Gasteiger partial charge in [0.05, 0.1) is 36.2 Å². The summed E-state index contributed by atoms with van der Waals surface area (Å²) in [4.78, 5) is 33.9. The fourth-order valence-electron chi connectivity index (χ4n) is 4.07. The van der Waals surface area contributed by atoms with Crippen molar-refractivity contribution in [2.75, 3.05) is 0 Å². The van der Waals surface area contributed by atoms with Gasteiger partial charge >= 0.3 is 0 Å². The number of rotatable bonds is 4. The highest BCUT2D eigenvalue weighted by atomic mass is 32.2. The molecule has 0 amide bonds. The predicted molar refractivity (Wildman–Crippen MR) is 132 cm³/mol. The molecule has 2 aliphatic rings. The van der Waals surface area contributed by atoms with Crippen molar-refractivity contribution >= 4 is 51.1 Å². The zero-order chi connectivity index (χ0) is 24.9. The number of hydrogen-bond donors (Lipinski definition) is 0. The normalized spacial score (nSPS) is 15.7. The molecule has 0 spiro atoms. The van der Waals surface area contributed by atoms with Crippen molar-refractivity contribution in [2.45, 2.75) is 0 Å². The van der Waals surface area contributed by atoms with Crippen LogP contribution >= 0.6 is 23.5 Å². The van der Waals surface area contributed by atoms with Crippen LogP contribution in [0.1, 0.15) is 22.3 Å². The summed E-state index contributed by atoms with van der Waals surface area (Å²) in [5.74, 6) is 0. The Kier molecular flexibility index (Phi) is 5.35. The highest BCUT2D eigenvalue weighted by Crippen LogP contribution is 2.59. The minimum absolute atomic E-state index is 0.0407. The van der Waals surface area contributed by atoms with Gasteiger partial charge in [0.2, 0.25) is 0 Å². The van der Waals surface area contributed by atoms with E-state index in [2.05, 4.69) is 0 Å². The molecule has 170 valence electrons. The Labute approximate surface area is 205 Å². The lowest BCUT2D eigenvalue weighted by Gasteiger charge is -2.08. The van der Waals surface area contributed by atoms with Crippen LogP contribution in [0, 0.1) is 41.7 Å². The summed E-state index contributed by atoms with van der Waals surface area (Å²) in [7, 11) is 0. The molecule has 1 heterocycles. The molecule has 35 heavy (non-hydrogen) atoms. The van der Waals surface area contributed by atoms with Crippen molar-refractivity contribution < 1.29 is 14.8 Å². The average molecular weight is 502 g/mol. The van der Waals surface area contributed by atoms with Gasteiger partial charge in [-0.1, -0.05) is 53.9 Å². The lowest BCUT2D eigenvalue weighted by Crippen LogP contribution is -1.97. The first-order valence-electron chi connectivity index (χ1n) is 9.85. The molecule has 12 heteroatoms. The quantitative estimate of drug-likeness (QED) is 0.226. The fourth-order valence-corrected chi connectivity index (χ4v) is 6.47. The van der Waals surface area contributed by atoms with Crippen molar-refractivity contribution in [1.29, 1.82) is 5.26 Å². The number of nitro groups is 3. The summed E-state index contributed by atoms with van der Waals surface area (Å²) in [6, 6.07) is 15.8. The summed E-state index contributed by atoms with van der Waals surface area (Å²) >= 11 is 2.67. The second-order valence-electron chi connectivity index (χ2n) is 7.42. The Morgan fingerprint density at radius 3 is 2.03 bits per heavy atom. The molecule has 1 aliphatic heterocycles. The first kappa shape index (κ1) is 22.3. The topological polar surface area (TPSA) is 153 Å². The van der Waals surface area contributed by atoms with Gasteiger partial charge in [0, 0.05) is 45.4 Å². The van der Waals surface area contributed by atoms with Crippen molar-refractivity contribution in [3.63, 3.8) is 0 Å². The average Bonchev–Trinajstić information content (AvgIpc) is 3.45. The van der Waals surface area contributed by atoms with Gasteiger partial charge in [-0.05, 0) is 11.0 Å². The Bertz CT molecular complexity index is 1590. The highest BCUT2D eigenvalue weighted by molar-refractivity contribution is 8.31. The monoisotopic (exact) mass is 502 g/mol. The number of fused-ring (bicyclic) bond motifs is 3. The third kappa shape index (κ3) is 3.63. The van der Waals surface area contributed by atoms with Crippen LogP contribution in [0.2, 0.25) is 0 Å². The molecule has 0 radical (unpaired) electrons. The van der Waals surface area contributed by atoms with E-state index in [4.69, 9.17) is 0 Å². The van der Waals surface area contributed by atoms with E-state index in [0.717, 1.165) is 22.6 Å². The van der Waals surface area contributed by atoms with Gasteiger partial charge in [-0.2, -0.15) is 5.26 Å². The van der Waals surface area contributed by atoms with E-state index in [9.17, 15) is 35.6 Å². The number of nitro benzene ring substituents is 3. The first-order valence-corrected chi connectivity index (χ1v) is 11.5. The van der Waals surface area contributed by atoms with Crippen molar-refractivity contribution in [2.24, 2.45) is 0 Å². The zero-order valence-electron chi connectivity index (χ0n) is 17.3. The van der Waals surface area contributed by atoms with Gasteiger partial charge in [-0.25, -0.2) is 0 Å². The van der Waals surface area contributed by atoms with Gasteiger partial charge in [-0.15, -0.1) is 0 Å². The molecule has 5 rings (SSSR count). The lowest BCUT2D eigenvalue weighted by atomic mass is 9.97. The van der Waals surface area contributed by atoms with Crippen molar-refractivity contribution in [1.82, 2.24) is 0 Å². The highest BCUT2D eigenvalue weighted by Gasteiger charge is 2.39. The zero-order valence-corrected chi connectivity index (χ0v) is 19.0. The van der Waals surface area contributed by atoms with Crippen molar-refractivity contribution in [3.05, 3.63) is 117 Å². The second kappa shape index (κ2) is 8.39. The molecule has 0 aromatic heterocycles. The van der Waals surface area contributed by atoms with Crippen LogP contribution in [0.15, 0.2) is 64.2 Å². The first-order chi connectivity index (χ1) is 16.8. The molecule has 3 aromatic rings. The van der Waals surface area contributed by atoms with Crippen LogP contribution in [0.3, 0.4) is 0 Å². The number of nitriles is 1. The molecular formula is C23H10N4O6S2. The second-order valence-corrected chi connectivity index (χ2v) is 9.61. The van der Waals surface area contributed by atoms with E-state index < -0.39 is 26.1 Å². The Hall–Kier alpha value is -4.47. The molecular weight excluding hydrogens is 492 g/mol. The van der Waals surface area contributed by atoms with E-state index >= 15 is 0 Å². The number of benzene rings is 3. The minimum Gasteiger partial charge on any atom is -0.258 e. The Balaban J connectivity index is 1.84. The molecule has 3 aromatic carbocycles. The van der Waals surface area contributed by atoms with Crippen LogP contribution in [0.4, 0.5) is 17.1 Å². The fraction of sp³-hybridized carbons (Fsp3) is 0. The van der Waals surface area contributed by atoms with Gasteiger partial charge in [-0.3, -0.25) is 30.3 Å². The molecule has 0 saturated carbocycles. The summed E-state index contributed by atoms with van der Waals surface area (Å²) in [5, 5.41) is 46.8. The van der Waals surface area contributed by atoms with Crippen LogP contribution < -0.4 is 0 Å².